The van der Waals surface area contributed by atoms with Gasteiger partial charge in [0.05, 0.1) is 12.2 Å². The summed E-state index contributed by atoms with van der Waals surface area (Å²) in [7, 11) is 1.58. The number of likely N-dealkylation sites (N-methyl/N-ethyl adjacent to an activating group) is 1. The molecule has 1 saturated heterocycles. The number of β-amino-alcohol motifs (C(OH)–C–C–N with tert-alkyl or cyclic N) is 1. The molecular weight excluding hydrogens is 311 g/mol. The van der Waals surface area contributed by atoms with Crippen molar-refractivity contribution >= 4 is 11.8 Å². The van der Waals surface area contributed by atoms with Gasteiger partial charge in [0.15, 0.2) is 12.0 Å². The van der Waals surface area contributed by atoms with Crippen molar-refractivity contribution in [3.05, 3.63) is 42.0 Å². The maximum atomic E-state index is 14.8. The average molecular weight is 330 g/mol. The predicted octanol–water partition coefficient (Wildman–Crippen LogP) is 2.54. The van der Waals surface area contributed by atoms with E-state index in [1.165, 1.54) is 24.8 Å². The molecular formula is C17H19FN4O2. The Morgan fingerprint density at radius 2 is 1.92 bits per heavy atom. The molecule has 1 aliphatic rings. The summed E-state index contributed by atoms with van der Waals surface area (Å²) in [6, 6.07) is 10.3. The van der Waals surface area contributed by atoms with Crippen LogP contribution in [0.4, 0.5) is 15.0 Å². The Labute approximate surface area is 139 Å². The molecule has 1 aromatic heterocycles. The fourth-order valence-corrected chi connectivity index (χ4v) is 2.73. The molecule has 1 N–H and O–H groups in total. The summed E-state index contributed by atoms with van der Waals surface area (Å²) >= 11 is 0. The summed E-state index contributed by atoms with van der Waals surface area (Å²) in [4.78, 5) is 14.7. The second-order valence-corrected chi connectivity index (χ2v) is 6.32. The highest BCUT2D eigenvalue weighted by Gasteiger charge is 2.37. The molecule has 0 bridgehead atoms. The van der Waals surface area contributed by atoms with Gasteiger partial charge in [-0.1, -0.05) is 30.3 Å². The molecule has 0 spiro atoms. The van der Waals surface area contributed by atoms with Crippen molar-refractivity contribution in [3.8, 4) is 11.3 Å². The van der Waals surface area contributed by atoms with Crippen molar-refractivity contribution in [2.45, 2.75) is 25.7 Å². The third kappa shape index (κ3) is 2.82. The van der Waals surface area contributed by atoms with Crippen molar-refractivity contribution < 1.29 is 14.3 Å². The van der Waals surface area contributed by atoms with Gasteiger partial charge in [-0.2, -0.15) is 0 Å². The Morgan fingerprint density at radius 3 is 2.46 bits per heavy atom. The lowest BCUT2D eigenvalue weighted by Gasteiger charge is -2.22. The molecule has 1 fully saturated rings. The van der Waals surface area contributed by atoms with Crippen LogP contribution in [0.2, 0.25) is 0 Å². The van der Waals surface area contributed by atoms with Crippen molar-refractivity contribution in [2.75, 3.05) is 18.5 Å². The van der Waals surface area contributed by atoms with Gasteiger partial charge in [-0.25, -0.2) is 14.1 Å². The van der Waals surface area contributed by atoms with Crippen LogP contribution in [0.15, 0.2) is 36.4 Å². The zero-order valence-electron chi connectivity index (χ0n) is 13.8. The molecule has 7 heteroatoms. The molecule has 2 heterocycles. The van der Waals surface area contributed by atoms with Crippen LogP contribution in [-0.4, -0.2) is 46.1 Å². The summed E-state index contributed by atoms with van der Waals surface area (Å²) in [5, 5.41) is 18.3. The van der Waals surface area contributed by atoms with Gasteiger partial charge in [0.25, 0.3) is 0 Å². The molecule has 0 aliphatic carbocycles. The normalized spacial score (nSPS) is 18.4. The van der Waals surface area contributed by atoms with Crippen LogP contribution < -0.4 is 4.90 Å². The summed E-state index contributed by atoms with van der Waals surface area (Å²) in [5.74, 6) is 0.136. The monoisotopic (exact) mass is 330 g/mol. The third-order valence-corrected chi connectivity index (χ3v) is 3.98. The molecule has 3 rings (SSSR count). The number of rotatable bonds is 3. The number of carbonyl (C=O) groups is 1. The molecule has 126 valence electrons. The van der Waals surface area contributed by atoms with E-state index in [1.807, 2.05) is 30.3 Å². The first-order chi connectivity index (χ1) is 11.3. The number of hydrogen-bond donors (Lipinski definition) is 1. The Bertz CT molecular complexity index is 761. The van der Waals surface area contributed by atoms with Crippen molar-refractivity contribution in [1.29, 1.82) is 0 Å². The van der Waals surface area contributed by atoms with Crippen LogP contribution in [-0.2, 0) is 5.67 Å². The number of aliphatic hydroxyl groups is 1. The van der Waals surface area contributed by atoms with Gasteiger partial charge in [-0.3, -0.25) is 0 Å². The fourth-order valence-electron chi connectivity index (χ4n) is 2.73. The minimum absolute atomic E-state index is 0.136. The van der Waals surface area contributed by atoms with Gasteiger partial charge >= 0.3 is 6.03 Å². The molecule has 0 saturated carbocycles. The van der Waals surface area contributed by atoms with Gasteiger partial charge in [0, 0.05) is 18.2 Å². The van der Waals surface area contributed by atoms with E-state index in [0.717, 1.165) is 10.5 Å². The van der Waals surface area contributed by atoms with Gasteiger partial charge in [0.1, 0.15) is 5.67 Å². The van der Waals surface area contributed by atoms with E-state index in [9.17, 15) is 14.3 Å². The number of aliphatic hydroxyl groups excluding tert-OH is 1. The smallest absolute Gasteiger partial charge is 0.327 e. The van der Waals surface area contributed by atoms with Crippen molar-refractivity contribution in [2.24, 2.45) is 0 Å². The van der Waals surface area contributed by atoms with E-state index in [4.69, 9.17) is 0 Å². The molecule has 1 atom stereocenters. The number of nitrogens with zero attached hydrogens (tertiary/aromatic N) is 4. The molecule has 1 aromatic carbocycles. The molecule has 24 heavy (non-hydrogen) atoms. The molecule has 0 radical (unpaired) electrons. The molecule has 1 unspecified atom stereocenters. The maximum absolute atomic E-state index is 14.8. The summed E-state index contributed by atoms with van der Waals surface area (Å²) in [6.45, 7) is 3.01. The minimum Gasteiger partial charge on any atom is -0.371 e. The fraction of sp³-hybridized carbons (Fsp3) is 0.353. The number of carbonyl (C=O) groups excluding carboxylic acids is 1. The summed E-state index contributed by atoms with van der Waals surface area (Å²) < 4.78 is 14.8. The highest BCUT2D eigenvalue weighted by Crippen LogP contribution is 2.35. The largest absolute Gasteiger partial charge is 0.371 e. The second kappa shape index (κ2) is 5.83. The Hall–Kier alpha value is -2.54. The van der Waals surface area contributed by atoms with Crippen molar-refractivity contribution in [1.82, 2.24) is 15.1 Å². The average Bonchev–Trinajstić information content (AvgIpc) is 2.79. The first kappa shape index (κ1) is 16.3. The topological polar surface area (TPSA) is 69.6 Å². The number of aromatic nitrogens is 2. The lowest BCUT2D eigenvalue weighted by atomic mass is 9.95. The number of alkyl halides is 1. The minimum atomic E-state index is -1.69. The van der Waals surface area contributed by atoms with E-state index in [-0.39, 0.29) is 12.4 Å². The van der Waals surface area contributed by atoms with E-state index in [2.05, 4.69) is 10.2 Å². The van der Waals surface area contributed by atoms with Gasteiger partial charge in [-0.15, -0.1) is 10.2 Å². The van der Waals surface area contributed by atoms with Crippen molar-refractivity contribution in [3.63, 3.8) is 0 Å². The number of anilines is 1. The standard InChI is InChI=1S/C17H19FN4O2/c1-17(2,18)12-9-13(22-14(23)10-21(3)16(22)24)19-20-15(12)11-7-5-4-6-8-11/h4-9,14,23H,10H2,1-3H3. The first-order valence-electron chi connectivity index (χ1n) is 7.64. The lowest BCUT2D eigenvalue weighted by Crippen LogP contribution is -2.35. The zero-order chi connectivity index (χ0) is 17.5. The highest BCUT2D eigenvalue weighted by atomic mass is 19.1. The predicted molar refractivity (Wildman–Crippen MR) is 88.1 cm³/mol. The summed E-state index contributed by atoms with van der Waals surface area (Å²) in [6.07, 6.45) is -1.03. The highest BCUT2D eigenvalue weighted by molar-refractivity contribution is 5.93. The third-order valence-electron chi connectivity index (χ3n) is 3.98. The van der Waals surface area contributed by atoms with E-state index < -0.39 is 17.9 Å². The van der Waals surface area contributed by atoms with Crippen LogP contribution >= 0.6 is 0 Å². The lowest BCUT2D eigenvalue weighted by molar-refractivity contribution is 0.182. The van der Waals surface area contributed by atoms with E-state index in [0.29, 0.717) is 11.3 Å². The Kier molecular flexibility index (Phi) is 3.96. The maximum Gasteiger partial charge on any atom is 0.327 e. The Balaban J connectivity index is 2.11. The number of urea groups is 1. The number of amides is 2. The van der Waals surface area contributed by atoms with Crippen LogP contribution in [0.3, 0.4) is 0 Å². The van der Waals surface area contributed by atoms with Crippen LogP contribution in [0, 0.1) is 0 Å². The number of hydrogen-bond acceptors (Lipinski definition) is 4. The Morgan fingerprint density at radius 1 is 1.25 bits per heavy atom. The first-order valence-corrected chi connectivity index (χ1v) is 7.64. The van der Waals surface area contributed by atoms with Gasteiger partial charge in [0.2, 0.25) is 0 Å². The molecule has 6 nitrogen and oxygen atoms in total. The van der Waals surface area contributed by atoms with Gasteiger partial charge < -0.3 is 10.0 Å². The quantitative estimate of drug-likeness (QED) is 0.939. The zero-order valence-corrected chi connectivity index (χ0v) is 13.8. The molecule has 1 aliphatic heterocycles. The van der Waals surface area contributed by atoms with Gasteiger partial charge in [-0.05, 0) is 19.9 Å². The van der Waals surface area contributed by atoms with Crippen LogP contribution in [0.5, 0.6) is 0 Å². The van der Waals surface area contributed by atoms with E-state index >= 15 is 0 Å². The SMILES string of the molecule is CN1CC(O)N(c2cc(C(C)(C)F)c(-c3ccccc3)nn2)C1=O. The van der Waals surface area contributed by atoms with Crippen LogP contribution in [0.1, 0.15) is 19.4 Å². The molecule has 2 amide bonds. The number of halogens is 1. The number of benzene rings is 1. The second-order valence-electron chi connectivity index (χ2n) is 6.32. The molecule has 2 aromatic rings. The van der Waals surface area contributed by atoms with Crippen LogP contribution in [0.25, 0.3) is 11.3 Å². The van der Waals surface area contributed by atoms with E-state index in [1.54, 1.807) is 7.05 Å². The summed E-state index contributed by atoms with van der Waals surface area (Å²) in [5.41, 5.74) is -0.215.